The summed E-state index contributed by atoms with van der Waals surface area (Å²) >= 11 is 5.90. The smallest absolute Gasteiger partial charge is 0.260 e. The molecule has 24 heavy (non-hydrogen) atoms. The molecule has 124 valence electrons. The zero-order valence-corrected chi connectivity index (χ0v) is 13.9. The van der Waals surface area contributed by atoms with Crippen LogP contribution in [0.3, 0.4) is 0 Å². The van der Waals surface area contributed by atoms with Crippen LogP contribution in [0.5, 0.6) is 0 Å². The molecule has 3 rings (SSSR count). The van der Waals surface area contributed by atoms with Gasteiger partial charge in [-0.05, 0) is 49.2 Å². The van der Waals surface area contributed by atoms with E-state index in [9.17, 15) is 14.0 Å². The highest BCUT2D eigenvalue weighted by atomic mass is 35.5. The maximum absolute atomic E-state index is 13.8. The predicted octanol–water partition coefficient (Wildman–Crippen LogP) is 4.17. The molecule has 1 saturated heterocycles. The number of anilines is 2. The molecule has 0 unspecified atom stereocenters. The van der Waals surface area contributed by atoms with Gasteiger partial charge in [-0.25, -0.2) is 4.39 Å². The molecule has 2 aromatic carbocycles. The van der Waals surface area contributed by atoms with E-state index in [1.165, 1.54) is 18.2 Å². The Balaban J connectivity index is 1.82. The number of rotatable bonds is 3. The van der Waals surface area contributed by atoms with Crippen molar-refractivity contribution in [1.29, 1.82) is 0 Å². The molecule has 0 aromatic heterocycles. The standard InChI is InChI=1S/C18H16ClFN2O2/c1-11-10-12(7-8-15(11)22-9-3-6-16(22)23)21-18(24)17-13(19)4-2-5-14(17)20/h2,4-5,7-8,10H,3,6,9H2,1H3,(H,21,24). The second-order valence-electron chi connectivity index (χ2n) is 5.70. The third-order valence-corrected chi connectivity index (χ3v) is 4.32. The van der Waals surface area contributed by atoms with Gasteiger partial charge in [0.05, 0.1) is 10.6 Å². The molecular formula is C18H16ClFN2O2. The van der Waals surface area contributed by atoms with E-state index in [-0.39, 0.29) is 16.5 Å². The largest absolute Gasteiger partial charge is 0.322 e. The lowest BCUT2D eigenvalue weighted by Crippen LogP contribution is -2.24. The van der Waals surface area contributed by atoms with Crippen molar-refractivity contribution in [2.75, 3.05) is 16.8 Å². The molecule has 6 heteroatoms. The Hall–Kier alpha value is -2.40. The number of aryl methyl sites for hydroxylation is 1. The van der Waals surface area contributed by atoms with E-state index < -0.39 is 11.7 Å². The molecule has 1 fully saturated rings. The highest BCUT2D eigenvalue weighted by Gasteiger charge is 2.23. The van der Waals surface area contributed by atoms with Crippen LogP contribution in [0.1, 0.15) is 28.8 Å². The van der Waals surface area contributed by atoms with Gasteiger partial charge < -0.3 is 10.2 Å². The minimum Gasteiger partial charge on any atom is -0.322 e. The van der Waals surface area contributed by atoms with E-state index >= 15 is 0 Å². The van der Waals surface area contributed by atoms with Crippen LogP contribution in [-0.2, 0) is 4.79 Å². The van der Waals surface area contributed by atoms with Crippen molar-refractivity contribution < 1.29 is 14.0 Å². The van der Waals surface area contributed by atoms with Crippen molar-refractivity contribution in [3.8, 4) is 0 Å². The zero-order chi connectivity index (χ0) is 17.3. The van der Waals surface area contributed by atoms with E-state index in [1.807, 2.05) is 6.92 Å². The molecular weight excluding hydrogens is 331 g/mol. The van der Waals surface area contributed by atoms with Crippen LogP contribution in [0, 0.1) is 12.7 Å². The lowest BCUT2D eigenvalue weighted by atomic mass is 10.1. The monoisotopic (exact) mass is 346 g/mol. The molecule has 0 bridgehead atoms. The van der Waals surface area contributed by atoms with E-state index in [0.717, 1.165) is 17.7 Å². The summed E-state index contributed by atoms with van der Waals surface area (Å²) in [6, 6.07) is 9.34. The fraction of sp³-hybridized carbons (Fsp3) is 0.222. The molecule has 0 saturated carbocycles. The highest BCUT2D eigenvalue weighted by molar-refractivity contribution is 6.34. The lowest BCUT2D eigenvalue weighted by Gasteiger charge is -2.19. The number of halogens is 2. The fourth-order valence-electron chi connectivity index (χ4n) is 2.85. The first-order valence-corrected chi connectivity index (χ1v) is 8.01. The zero-order valence-electron chi connectivity index (χ0n) is 13.1. The van der Waals surface area contributed by atoms with Crippen LogP contribution in [0.25, 0.3) is 0 Å². The third-order valence-electron chi connectivity index (χ3n) is 4.01. The first kappa shape index (κ1) is 16.5. The summed E-state index contributed by atoms with van der Waals surface area (Å²) in [4.78, 5) is 25.9. The first-order chi connectivity index (χ1) is 11.5. The number of amides is 2. The van der Waals surface area contributed by atoms with Gasteiger partial charge in [-0.3, -0.25) is 9.59 Å². The minimum atomic E-state index is -0.670. The Morgan fingerprint density at radius 2 is 2.08 bits per heavy atom. The van der Waals surface area contributed by atoms with Gasteiger partial charge in [-0.1, -0.05) is 17.7 Å². The van der Waals surface area contributed by atoms with Crippen LogP contribution >= 0.6 is 11.6 Å². The maximum Gasteiger partial charge on any atom is 0.260 e. The number of carbonyl (C=O) groups excluding carboxylic acids is 2. The first-order valence-electron chi connectivity index (χ1n) is 7.64. The SMILES string of the molecule is Cc1cc(NC(=O)c2c(F)cccc2Cl)ccc1N1CCCC1=O. The highest BCUT2D eigenvalue weighted by Crippen LogP contribution is 2.28. The summed E-state index contributed by atoms with van der Waals surface area (Å²) in [5.74, 6) is -1.17. The molecule has 1 heterocycles. The van der Waals surface area contributed by atoms with E-state index in [4.69, 9.17) is 11.6 Å². The minimum absolute atomic E-state index is 0.0588. The average Bonchev–Trinajstić information content (AvgIpc) is 2.93. The van der Waals surface area contributed by atoms with Gasteiger partial charge in [0.2, 0.25) is 5.91 Å². The number of hydrogen-bond acceptors (Lipinski definition) is 2. The third kappa shape index (κ3) is 3.12. The number of carbonyl (C=O) groups is 2. The molecule has 1 N–H and O–H groups in total. The number of hydrogen-bond donors (Lipinski definition) is 1. The summed E-state index contributed by atoms with van der Waals surface area (Å²) in [5, 5.41) is 2.70. The van der Waals surface area contributed by atoms with Gasteiger partial charge in [-0.15, -0.1) is 0 Å². The molecule has 1 aliphatic rings. The Bertz CT molecular complexity index is 802. The molecule has 0 spiro atoms. The summed E-state index contributed by atoms with van der Waals surface area (Å²) in [6.45, 7) is 2.57. The van der Waals surface area contributed by atoms with Crippen LogP contribution < -0.4 is 10.2 Å². The summed E-state index contributed by atoms with van der Waals surface area (Å²) in [5.41, 5.74) is 2.03. The summed E-state index contributed by atoms with van der Waals surface area (Å²) in [6.07, 6.45) is 1.41. The Morgan fingerprint density at radius 1 is 1.29 bits per heavy atom. The maximum atomic E-state index is 13.8. The predicted molar refractivity (Wildman–Crippen MR) is 92.1 cm³/mol. The number of nitrogens with one attached hydrogen (secondary N) is 1. The van der Waals surface area contributed by atoms with Gasteiger partial charge in [-0.2, -0.15) is 0 Å². The Kier molecular flexibility index (Phi) is 4.53. The van der Waals surface area contributed by atoms with Gasteiger partial charge in [0.1, 0.15) is 5.82 Å². The normalized spacial score (nSPS) is 14.1. The molecule has 2 aromatic rings. The van der Waals surface area contributed by atoms with E-state index in [2.05, 4.69) is 5.32 Å². The Morgan fingerprint density at radius 3 is 2.71 bits per heavy atom. The van der Waals surface area contributed by atoms with Crippen LogP contribution in [0.15, 0.2) is 36.4 Å². The molecule has 0 radical (unpaired) electrons. The van der Waals surface area contributed by atoms with Gasteiger partial charge in [0, 0.05) is 24.3 Å². The average molecular weight is 347 g/mol. The quantitative estimate of drug-likeness (QED) is 0.907. The van der Waals surface area contributed by atoms with Crippen LogP contribution in [0.4, 0.5) is 15.8 Å². The van der Waals surface area contributed by atoms with Crippen molar-refractivity contribution in [3.05, 3.63) is 58.4 Å². The fourth-order valence-corrected chi connectivity index (χ4v) is 3.10. The molecule has 2 amide bonds. The number of nitrogens with zero attached hydrogens (tertiary/aromatic N) is 1. The molecule has 0 atom stereocenters. The van der Waals surface area contributed by atoms with E-state index in [0.29, 0.717) is 18.7 Å². The molecule has 1 aliphatic heterocycles. The van der Waals surface area contributed by atoms with Gasteiger partial charge in [0.15, 0.2) is 0 Å². The number of benzene rings is 2. The van der Waals surface area contributed by atoms with Crippen molar-refractivity contribution in [2.24, 2.45) is 0 Å². The lowest BCUT2D eigenvalue weighted by molar-refractivity contribution is -0.117. The van der Waals surface area contributed by atoms with Crippen LogP contribution in [0.2, 0.25) is 5.02 Å². The van der Waals surface area contributed by atoms with Gasteiger partial charge >= 0.3 is 0 Å². The van der Waals surface area contributed by atoms with Crippen LogP contribution in [-0.4, -0.2) is 18.4 Å². The second kappa shape index (κ2) is 6.61. The Labute approximate surface area is 144 Å². The molecule has 4 nitrogen and oxygen atoms in total. The van der Waals surface area contributed by atoms with E-state index in [1.54, 1.807) is 23.1 Å². The second-order valence-corrected chi connectivity index (χ2v) is 6.11. The van der Waals surface area contributed by atoms with Crippen molar-refractivity contribution in [2.45, 2.75) is 19.8 Å². The van der Waals surface area contributed by atoms with Crippen molar-refractivity contribution in [3.63, 3.8) is 0 Å². The molecule has 0 aliphatic carbocycles. The summed E-state index contributed by atoms with van der Waals surface area (Å²) in [7, 11) is 0. The van der Waals surface area contributed by atoms with Crippen molar-refractivity contribution >= 4 is 34.8 Å². The van der Waals surface area contributed by atoms with Crippen molar-refractivity contribution in [1.82, 2.24) is 0 Å². The summed E-state index contributed by atoms with van der Waals surface area (Å²) < 4.78 is 13.8. The topological polar surface area (TPSA) is 49.4 Å². The van der Waals surface area contributed by atoms with Gasteiger partial charge in [0.25, 0.3) is 5.91 Å².